The van der Waals surface area contributed by atoms with Crippen molar-refractivity contribution in [3.05, 3.63) is 12.2 Å². The summed E-state index contributed by atoms with van der Waals surface area (Å²) < 4.78 is 46.9. The number of carbonyl (C=O) groups excluding carboxylic acids is 1. The minimum Gasteiger partial charge on any atom is -0.394 e. The number of amides is 1. The fourth-order valence-electron chi connectivity index (χ4n) is 4.97. The molecule has 14 heteroatoms. The van der Waals surface area contributed by atoms with Crippen LogP contribution in [-0.2, 0) is 28.9 Å². The highest BCUT2D eigenvalue weighted by Gasteiger charge is 2.48. The number of rotatable bonds is 25. The summed E-state index contributed by atoms with van der Waals surface area (Å²) in [6, 6.07) is -1.03. The number of nitrogens with one attached hydrogen (secondary N) is 1. The number of carbonyl (C=O) groups is 1. The Morgan fingerprint density at radius 3 is 2.11 bits per heavy atom. The predicted octanol–water partition coefficient (Wildman–Crippen LogP) is 2.28. The van der Waals surface area contributed by atoms with E-state index in [1.807, 2.05) is 0 Å². The minimum absolute atomic E-state index is 0.238. The Morgan fingerprint density at radius 1 is 0.886 bits per heavy atom. The second-order valence-electron chi connectivity index (χ2n) is 11.5. The number of ether oxygens (including phenoxy) is 2. The molecule has 1 fully saturated rings. The molecule has 44 heavy (non-hydrogen) atoms. The summed E-state index contributed by atoms with van der Waals surface area (Å²) in [5.74, 6) is -0.693. The van der Waals surface area contributed by atoms with Gasteiger partial charge in [-0.25, -0.2) is 4.18 Å². The van der Waals surface area contributed by atoms with Gasteiger partial charge in [0.05, 0.1) is 25.4 Å². The van der Waals surface area contributed by atoms with Crippen molar-refractivity contribution < 1.29 is 57.0 Å². The van der Waals surface area contributed by atoms with Gasteiger partial charge in [0.25, 0.3) is 0 Å². The molecule has 0 radical (unpaired) electrons. The Kier molecular flexibility index (Phi) is 21.5. The highest BCUT2D eigenvalue weighted by molar-refractivity contribution is 7.80. The molecule has 260 valence electrons. The smallest absolute Gasteiger partial charge is 0.394 e. The predicted molar refractivity (Wildman–Crippen MR) is 164 cm³/mol. The first-order valence-electron chi connectivity index (χ1n) is 16.2. The van der Waals surface area contributed by atoms with Crippen LogP contribution in [0.4, 0.5) is 0 Å². The third-order valence-electron chi connectivity index (χ3n) is 7.68. The van der Waals surface area contributed by atoms with Crippen molar-refractivity contribution in [2.45, 2.75) is 159 Å². The molecule has 0 aromatic carbocycles. The Bertz CT molecular complexity index is 889. The molecule has 0 bridgehead atoms. The van der Waals surface area contributed by atoms with Crippen LogP contribution in [0, 0.1) is 0 Å². The first-order valence-corrected chi connectivity index (χ1v) is 17.5. The average molecular weight is 656 g/mol. The number of hydrogen-bond acceptors (Lipinski definition) is 11. The monoisotopic (exact) mass is 655 g/mol. The second kappa shape index (κ2) is 23.2. The first kappa shape index (κ1) is 40.8. The lowest BCUT2D eigenvalue weighted by Gasteiger charge is -2.41. The van der Waals surface area contributed by atoms with Crippen LogP contribution < -0.4 is 5.32 Å². The van der Waals surface area contributed by atoms with Gasteiger partial charge in [0, 0.05) is 0 Å². The van der Waals surface area contributed by atoms with E-state index in [4.69, 9.17) is 14.0 Å². The van der Waals surface area contributed by atoms with Gasteiger partial charge in [-0.1, -0.05) is 90.2 Å². The van der Waals surface area contributed by atoms with E-state index in [0.717, 1.165) is 64.2 Å². The van der Waals surface area contributed by atoms with Gasteiger partial charge in [-0.15, -0.1) is 0 Å². The number of hydrogen-bond donors (Lipinski definition) is 7. The lowest BCUT2D eigenvalue weighted by Crippen LogP contribution is -2.61. The Balaban J connectivity index is 2.78. The van der Waals surface area contributed by atoms with Crippen LogP contribution in [0.2, 0.25) is 0 Å². The van der Waals surface area contributed by atoms with E-state index in [-0.39, 0.29) is 6.42 Å². The van der Waals surface area contributed by atoms with E-state index < -0.39 is 78.5 Å². The van der Waals surface area contributed by atoms with E-state index >= 15 is 0 Å². The zero-order chi connectivity index (χ0) is 33.0. The van der Waals surface area contributed by atoms with Crippen LogP contribution in [-0.4, -0.2) is 107 Å². The van der Waals surface area contributed by atoms with E-state index in [9.17, 15) is 38.7 Å². The Labute approximate surface area is 262 Å². The maximum absolute atomic E-state index is 12.8. The molecule has 13 nitrogen and oxygen atoms in total. The van der Waals surface area contributed by atoms with Gasteiger partial charge in [0.15, 0.2) is 6.29 Å². The summed E-state index contributed by atoms with van der Waals surface area (Å²) in [7, 11) is -5.09. The summed E-state index contributed by atoms with van der Waals surface area (Å²) in [5, 5.41) is 54.4. The summed E-state index contributed by atoms with van der Waals surface area (Å²) in [5.41, 5.74) is 0. The van der Waals surface area contributed by atoms with Gasteiger partial charge in [0.2, 0.25) is 5.91 Å². The maximum Gasteiger partial charge on any atom is 0.397 e. The second-order valence-corrected chi connectivity index (χ2v) is 12.6. The van der Waals surface area contributed by atoms with Crippen molar-refractivity contribution in [3.8, 4) is 0 Å². The van der Waals surface area contributed by atoms with E-state index in [1.54, 1.807) is 0 Å². The molecule has 0 aromatic heterocycles. The number of allylic oxidation sites excluding steroid dienone is 2. The molecule has 1 rings (SSSR count). The molecule has 0 aliphatic carbocycles. The first-order chi connectivity index (χ1) is 20.9. The molecule has 7 N–H and O–H groups in total. The molecule has 0 saturated carbocycles. The molecular weight excluding hydrogens is 598 g/mol. The topological polar surface area (TPSA) is 212 Å². The fourth-order valence-corrected chi connectivity index (χ4v) is 5.48. The molecule has 8 atom stereocenters. The third kappa shape index (κ3) is 16.9. The van der Waals surface area contributed by atoms with Gasteiger partial charge in [-0.05, 0) is 32.1 Å². The van der Waals surface area contributed by atoms with Crippen molar-refractivity contribution in [1.29, 1.82) is 0 Å². The standard InChI is InChI=1S/C30H57NO12S/c1-3-5-7-9-11-12-13-15-17-19-24(34)29(37)31-22(23(33)18-16-14-10-8-6-4-2)21-41-30-27(36)28(43-44(38,39)40)26(35)25(20-32)42-30/h9,11,22-28,30,32-36H,3-8,10,12-21H2,1-2H3,(H,31,37)(H,38,39,40)/b11-9-. The highest BCUT2D eigenvalue weighted by Crippen LogP contribution is 2.26. The molecule has 1 aliphatic rings. The zero-order valence-electron chi connectivity index (χ0n) is 26.3. The van der Waals surface area contributed by atoms with Crippen LogP contribution in [0.15, 0.2) is 12.2 Å². The van der Waals surface area contributed by atoms with E-state index in [0.29, 0.717) is 19.3 Å². The fraction of sp³-hybridized carbons (Fsp3) is 0.900. The Hall–Kier alpha value is -1.20. The average Bonchev–Trinajstić information content (AvgIpc) is 2.98. The SMILES string of the molecule is CCCC/C=C\CCCCCC(O)C(=O)NC(COC1OC(CO)C(O)C(OS(=O)(=O)O)C1O)C(O)CCCCCCCC. The molecular formula is C30H57NO12S. The Morgan fingerprint density at radius 2 is 1.48 bits per heavy atom. The van der Waals surface area contributed by atoms with Crippen LogP contribution in [0.25, 0.3) is 0 Å². The van der Waals surface area contributed by atoms with Crippen LogP contribution in [0.3, 0.4) is 0 Å². The van der Waals surface area contributed by atoms with Gasteiger partial charge in [-0.3, -0.25) is 9.35 Å². The van der Waals surface area contributed by atoms with Crippen molar-refractivity contribution in [1.82, 2.24) is 5.32 Å². The summed E-state index contributed by atoms with van der Waals surface area (Å²) >= 11 is 0. The number of aliphatic hydroxyl groups is 5. The number of aliphatic hydroxyl groups excluding tert-OH is 5. The van der Waals surface area contributed by atoms with Crippen LogP contribution >= 0.6 is 0 Å². The third-order valence-corrected chi connectivity index (χ3v) is 8.15. The van der Waals surface area contributed by atoms with Crippen LogP contribution in [0.1, 0.15) is 110 Å². The molecule has 0 aromatic rings. The zero-order valence-corrected chi connectivity index (χ0v) is 27.2. The summed E-state index contributed by atoms with van der Waals surface area (Å²) in [6.07, 6.45) is 6.39. The van der Waals surface area contributed by atoms with Gasteiger partial charge < -0.3 is 40.3 Å². The van der Waals surface area contributed by atoms with Crippen molar-refractivity contribution in [2.75, 3.05) is 13.2 Å². The lowest BCUT2D eigenvalue weighted by atomic mass is 9.99. The largest absolute Gasteiger partial charge is 0.397 e. The molecule has 1 amide bonds. The summed E-state index contributed by atoms with van der Waals surface area (Å²) in [6.45, 7) is 3.05. The van der Waals surface area contributed by atoms with E-state index in [2.05, 4.69) is 35.5 Å². The number of unbranched alkanes of at least 4 members (excludes halogenated alkanes) is 10. The van der Waals surface area contributed by atoms with Gasteiger partial charge >= 0.3 is 10.4 Å². The molecule has 8 unspecified atom stereocenters. The van der Waals surface area contributed by atoms with Gasteiger partial charge in [0.1, 0.15) is 30.5 Å². The highest BCUT2D eigenvalue weighted by atomic mass is 32.3. The van der Waals surface area contributed by atoms with Crippen molar-refractivity contribution in [3.63, 3.8) is 0 Å². The van der Waals surface area contributed by atoms with E-state index in [1.165, 1.54) is 6.42 Å². The normalized spacial score (nSPS) is 24.8. The summed E-state index contributed by atoms with van der Waals surface area (Å²) in [4.78, 5) is 12.8. The molecule has 0 spiro atoms. The minimum atomic E-state index is -5.09. The molecule has 1 heterocycles. The molecule has 1 saturated heterocycles. The van der Waals surface area contributed by atoms with Gasteiger partial charge in [-0.2, -0.15) is 8.42 Å². The lowest BCUT2D eigenvalue weighted by molar-refractivity contribution is -0.298. The van der Waals surface area contributed by atoms with Crippen LogP contribution in [0.5, 0.6) is 0 Å². The quantitative estimate of drug-likeness (QED) is 0.0429. The van der Waals surface area contributed by atoms with Crippen molar-refractivity contribution >= 4 is 16.3 Å². The maximum atomic E-state index is 12.8. The molecule has 1 aliphatic heterocycles. The van der Waals surface area contributed by atoms with Crippen molar-refractivity contribution in [2.24, 2.45) is 0 Å².